The molecule has 0 unspecified atom stereocenters. The lowest BCUT2D eigenvalue weighted by Gasteiger charge is -2.38. The average molecular weight is 429 g/mol. The number of hydrogen-bond donors (Lipinski definition) is 0. The number of fused-ring (bicyclic) bond motifs is 4. The summed E-state index contributed by atoms with van der Waals surface area (Å²) in [4.78, 5) is 10.9. The first kappa shape index (κ1) is 18.7. The summed E-state index contributed by atoms with van der Waals surface area (Å²) in [7, 11) is 0. The summed E-state index contributed by atoms with van der Waals surface area (Å²) in [6.45, 7) is 1.07. The third-order valence-corrected chi connectivity index (χ3v) is 5.94. The molecule has 0 spiro atoms. The predicted molar refractivity (Wildman–Crippen MR) is 116 cm³/mol. The van der Waals surface area contributed by atoms with E-state index in [-0.39, 0.29) is 11.7 Å². The second-order valence-electron chi connectivity index (χ2n) is 7.87. The molecular weight excluding hydrogens is 410 g/mol. The number of rotatable bonds is 3. The van der Waals surface area contributed by atoms with Crippen LogP contribution in [0.3, 0.4) is 0 Å². The van der Waals surface area contributed by atoms with E-state index in [1.165, 1.54) is 6.07 Å². The minimum absolute atomic E-state index is 0.0248. The largest absolute Gasteiger partial charge is 0.486 e. The highest BCUT2D eigenvalue weighted by atomic mass is 16.6. The van der Waals surface area contributed by atoms with Gasteiger partial charge in [-0.1, -0.05) is 30.3 Å². The lowest BCUT2D eigenvalue weighted by Crippen LogP contribution is -2.33. The van der Waals surface area contributed by atoms with Crippen molar-refractivity contribution < 1.29 is 19.1 Å². The van der Waals surface area contributed by atoms with E-state index < -0.39 is 11.2 Å². The van der Waals surface area contributed by atoms with E-state index in [1.54, 1.807) is 12.1 Å². The van der Waals surface area contributed by atoms with Crippen LogP contribution in [0.25, 0.3) is 0 Å². The standard InChI is InChI=1S/C24H19N3O5/c28-27(29)17-5-3-4-16(12-17)24-26-20(18-6-1-2-7-21(18)32-24)14-19(25-26)15-8-9-22-23(13-15)31-11-10-30-22/h1-9,12-13,20,24H,10-11,14H2/t20-,24+/m1/s1. The normalized spacial score (nSPS) is 20.6. The first-order valence-corrected chi connectivity index (χ1v) is 10.4. The van der Waals surface area contributed by atoms with Gasteiger partial charge in [0, 0.05) is 35.2 Å². The zero-order valence-corrected chi connectivity index (χ0v) is 17.0. The van der Waals surface area contributed by atoms with Crippen LogP contribution in [-0.2, 0) is 0 Å². The summed E-state index contributed by atoms with van der Waals surface area (Å²) in [5, 5.41) is 18.1. The third kappa shape index (κ3) is 3.03. The van der Waals surface area contributed by atoms with Gasteiger partial charge in [-0.25, -0.2) is 5.01 Å². The third-order valence-electron chi connectivity index (χ3n) is 5.94. The molecule has 0 saturated heterocycles. The van der Waals surface area contributed by atoms with Crippen molar-refractivity contribution in [3.05, 3.63) is 93.5 Å². The molecule has 160 valence electrons. The van der Waals surface area contributed by atoms with Crippen molar-refractivity contribution in [2.75, 3.05) is 13.2 Å². The average Bonchev–Trinajstić information content (AvgIpc) is 3.29. The zero-order valence-electron chi connectivity index (χ0n) is 17.0. The molecule has 0 aromatic heterocycles. The van der Waals surface area contributed by atoms with Crippen molar-refractivity contribution in [3.63, 3.8) is 0 Å². The van der Waals surface area contributed by atoms with Gasteiger partial charge in [-0.15, -0.1) is 0 Å². The maximum Gasteiger partial charge on any atom is 0.269 e. The highest BCUT2D eigenvalue weighted by Gasteiger charge is 2.41. The maximum atomic E-state index is 11.3. The molecule has 3 aliphatic rings. The molecule has 0 fully saturated rings. The monoisotopic (exact) mass is 429 g/mol. The molecule has 0 amide bonds. The summed E-state index contributed by atoms with van der Waals surface area (Å²) in [6, 6.07) is 20.2. The molecule has 0 aliphatic carbocycles. The van der Waals surface area contributed by atoms with Crippen molar-refractivity contribution in [3.8, 4) is 17.2 Å². The van der Waals surface area contributed by atoms with Gasteiger partial charge in [0.1, 0.15) is 19.0 Å². The van der Waals surface area contributed by atoms with E-state index in [2.05, 4.69) is 0 Å². The van der Waals surface area contributed by atoms with Crippen molar-refractivity contribution >= 4 is 11.4 Å². The van der Waals surface area contributed by atoms with Gasteiger partial charge in [-0.05, 0) is 24.3 Å². The van der Waals surface area contributed by atoms with E-state index >= 15 is 0 Å². The van der Waals surface area contributed by atoms with Gasteiger partial charge in [0.25, 0.3) is 5.69 Å². The summed E-state index contributed by atoms with van der Waals surface area (Å²) < 4.78 is 17.7. The van der Waals surface area contributed by atoms with Crippen molar-refractivity contribution in [1.82, 2.24) is 5.01 Å². The van der Waals surface area contributed by atoms with Crippen LogP contribution in [-0.4, -0.2) is 28.9 Å². The molecule has 0 bridgehead atoms. The predicted octanol–water partition coefficient (Wildman–Crippen LogP) is 4.61. The van der Waals surface area contributed by atoms with Crippen LogP contribution in [0.2, 0.25) is 0 Å². The number of benzene rings is 3. The molecule has 32 heavy (non-hydrogen) atoms. The van der Waals surface area contributed by atoms with E-state index in [1.807, 2.05) is 53.5 Å². The van der Waals surface area contributed by atoms with Crippen LogP contribution in [0.15, 0.2) is 71.8 Å². The number of hydrogen-bond acceptors (Lipinski definition) is 7. The van der Waals surface area contributed by atoms with Crippen LogP contribution in [0, 0.1) is 10.1 Å². The molecular formula is C24H19N3O5. The second-order valence-corrected chi connectivity index (χ2v) is 7.87. The summed E-state index contributed by atoms with van der Waals surface area (Å²) in [5.74, 6) is 2.22. The number of para-hydroxylation sites is 1. The Balaban J connectivity index is 1.42. The van der Waals surface area contributed by atoms with Gasteiger partial charge in [-0.2, -0.15) is 5.10 Å². The lowest BCUT2D eigenvalue weighted by atomic mass is 9.95. The van der Waals surface area contributed by atoms with Gasteiger partial charge in [0.2, 0.25) is 6.23 Å². The Bertz CT molecular complexity index is 1260. The van der Waals surface area contributed by atoms with E-state index in [0.717, 1.165) is 28.3 Å². The molecule has 3 aliphatic heterocycles. The van der Waals surface area contributed by atoms with Crippen molar-refractivity contribution in [1.29, 1.82) is 0 Å². The molecule has 3 aromatic carbocycles. The van der Waals surface area contributed by atoms with Crippen LogP contribution in [0.4, 0.5) is 5.69 Å². The number of hydrazone groups is 1. The maximum absolute atomic E-state index is 11.3. The molecule has 3 aromatic rings. The number of non-ortho nitro benzene ring substituents is 1. The number of nitro groups is 1. The summed E-state index contributed by atoms with van der Waals surface area (Å²) in [6.07, 6.45) is 0.121. The Morgan fingerprint density at radius 1 is 0.938 bits per heavy atom. The van der Waals surface area contributed by atoms with Gasteiger partial charge in [0.15, 0.2) is 11.5 Å². The molecule has 3 heterocycles. The fraction of sp³-hybridized carbons (Fsp3) is 0.208. The Morgan fingerprint density at radius 2 is 1.78 bits per heavy atom. The molecule has 0 N–H and O–H groups in total. The highest BCUT2D eigenvalue weighted by Crippen LogP contribution is 2.48. The second kappa shape index (κ2) is 7.26. The topological polar surface area (TPSA) is 86.4 Å². The molecule has 0 radical (unpaired) electrons. The minimum Gasteiger partial charge on any atom is -0.486 e. The first-order valence-electron chi connectivity index (χ1n) is 10.4. The fourth-order valence-corrected chi connectivity index (χ4v) is 4.44. The van der Waals surface area contributed by atoms with E-state index in [9.17, 15) is 10.1 Å². The molecule has 2 atom stereocenters. The Kier molecular flexibility index (Phi) is 4.24. The van der Waals surface area contributed by atoms with Crippen molar-refractivity contribution in [2.45, 2.75) is 18.7 Å². The minimum atomic E-state index is -0.565. The molecule has 8 nitrogen and oxygen atoms in total. The lowest BCUT2D eigenvalue weighted by molar-refractivity contribution is -0.385. The quantitative estimate of drug-likeness (QED) is 0.446. The molecule has 8 heteroatoms. The SMILES string of the molecule is O=[N+]([O-])c1cccc([C@@H]2Oc3ccccc3[C@H]3CC(c4ccc5c(c4)OCCO5)=NN32)c1. The van der Waals surface area contributed by atoms with E-state index in [0.29, 0.717) is 30.9 Å². The Morgan fingerprint density at radius 3 is 2.66 bits per heavy atom. The van der Waals surface area contributed by atoms with Gasteiger partial charge >= 0.3 is 0 Å². The van der Waals surface area contributed by atoms with Crippen LogP contribution < -0.4 is 14.2 Å². The van der Waals surface area contributed by atoms with Gasteiger partial charge in [-0.3, -0.25) is 10.1 Å². The highest BCUT2D eigenvalue weighted by molar-refractivity contribution is 6.02. The molecule has 6 rings (SSSR count). The van der Waals surface area contributed by atoms with Crippen LogP contribution in [0.5, 0.6) is 17.2 Å². The van der Waals surface area contributed by atoms with Crippen LogP contribution >= 0.6 is 0 Å². The van der Waals surface area contributed by atoms with Gasteiger partial charge in [0.05, 0.1) is 16.7 Å². The zero-order chi connectivity index (χ0) is 21.7. The summed E-state index contributed by atoms with van der Waals surface area (Å²) in [5.41, 5.74) is 3.62. The summed E-state index contributed by atoms with van der Waals surface area (Å²) >= 11 is 0. The smallest absolute Gasteiger partial charge is 0.269 e. The van der Waals surface area contributed by atoms with E-state index in [4.69, 9.17) is 19.3 Å². The van der Waals surface area contributed by atoms with Gasteiger partial charge < -0.3 is 14.2 Å². The Labute approximate surface area is 183 Å². The number of nitrogens with zero attached hydrogens (tertiary/aromatic N) is 3. The van der Waals surface area contributed by atoms with Crippen molar-refractivity contribution in [2.24, 2.45) is 5.10 Å². The number of nitro benzene ring substituents is 1. The first-order chi connectivity index (χ1) is 15.7. The molecule has 0 saturated carbocycles. The Hall–Kier alpha value is -4.07. The fourth-order valence-electron chi connectivity index (χ4n) is 4.44. The number of ether oxygens (including phenoxy) is 3. The van der Waals surface area contributed by atoms with Crippen LogP contribution in [0.1, 0.15) is 35.4 Å².